The molecule has 112 valence electrons. The lowest BCUT2D eigenvalue weighted by Crippen LogP contribution is -2.45. The zero-order chi connectivity index (χ0) is 15.5. The Labute approximate surface area is 124 Å². The number of methoxy groups -OCH3 is 1. The van der Waals surface area contributed by atoms with Gasteiger partial charge in [-0.2, -0.15) is 0 Å². The molecule has 0 unspecified atom stereocenters. The van der Waals surface area contributed by atoms with Crippen LogP contribution >= 0.6 is 0 Å². The van der Waals surface area contributed by atoms with Crippen LogP contribution < -0.4 is 10.1 Å². The van der Waals surface area contributed by atoms with Crippen molar-refractivity contribution in [3.8, 4) is 5.75 Å². The van der Waals surface area contributed by atoms with Gasteiger partial charge in [0.15, 0.2) is 0 Å². The van der Waals surface area contributed by atoms with Crippen LogP contribution in [-0.2, 0) is 4.79 Å². The lowest BCUT2D eigenvalue weighted by molar-refractivity contribution is -0.142. The number of carboxylic acids is 1. The highest BCUT2D eigenvalue weighted by molar-refractivity contribution is 5.94. The number of anilines is 1. The summed E-state index contributed by atoms with van der Waals surface area (Å²) in [6.45, 7) is 3.72. The first kappa shape index (κ1) is 15.1. The van der Waals surface area contributed by atoms with Gasteiger partial charge in [0.25, 0.3) is 0 Å². The SMILES string of the molecule is CCC(CC)(Nc1nccc2cc(OC)ccc12)C(=O)O. The molecule has 5 heteroatoms. The van der Waals surface area contributed by atoms with Crippen molar-refractivity contribution in [2.75, 3.05) is 12.4 Å². The Kier molecular flexibility index (Phi) is 4.31. The summed E-state index contributed by atoms with van der Waals surface area (Å²) in [5, 5.41) is 14.5. The molecule has 2 rings (SSSR count). The summed E-state index contributed by atoms with van der Waals surface area (Å²) in [6, 6.07) is 7.52. The number of rotatable bonds is 6. The summed E-state index contributed by atoms with van der Waals surface area (Å²) in [7, 11) is 1.62. The molecule has 0 bridgehead atoms. The summed E-state index contributed by atoms with van der Waals surface area (Å²) in [5.74, 6) is 0.483. The number of nitrogens with one attached hydrogen (secondary N) is 1. The largest absolute Gasteiger partial charge is 0.497 e. The Morgan fingerprint density at radius 1 is 1.33 bits per heavy atom. The number of aromatic nitrogens is 1. The molecule has 0 amide bonds. The van der Waals surface area contributed by atoms with Crippen LogP contribution in [0, 0.1) is 0 Å². The third-order valence-corrected chi connectivity index (χ3v) is 3.95. The Morgan fingerprint density at radius 3 is 2.62 bits per heavy atom. The third kappa shape index (κ3) is 2.77. The minimum Gasteiger partial charge on any atom is -0.497 e. The van der Waals surface area contributed by atoms with Crippen molar-refractivity contribution < 1.29 is 14.6 Å². The predicted molar refractivity (Wildman–Crippen MR) is 82.9 cm³/mol. The van der Waals surface area contributed by atoms with Crippen LogP contribution in [0.4, 0.5) is 5.82 Å². The van der Waals surface area contributed by atoms with Crippen LogP contribution in [0.25, 0.3) is 10.8 Å². The highest BCUT2D eigenvalue weighted by Gasteiger charge is 2.35. The van der Waals surface area contributed by atoms with Crippen molar-refractivity contribution in [3.05, 3.63) is 30.5 Å². The summed E-state index contributed by atoms with van der Waals surface area (Å²) in [6.07, 6.45) is 2.63. The number of nitrogens with zero attached hydrogens (tertiary/aromatic N) is 1. The van der Waals surface area contributed by atoms with Gasteiger partial charge >= 0.3 is 5.97 Å². The van der Waals surface area contributed by atoms with Gasteiger partial charge in [-0.3, -0.25) is 0 Å². The standard InChI is InChI=1S/C16H20N2O3/c1-4-16(5-2,15(19)20)18-14-13-7-6-12(21-3)10-11(13)8-9-17-14/h6-10H,4-5H2,1-3H3,(H,17,18)(H,19,20). The zero-order valence-corrected chi connectivity index (χ0v) is 12.5. The number of carboxylic acid groups (broad SMARTS) is 1. The molecule has 0 saturated heterocycles. The normalized spacial score (nSPS) is 11.4. The summed E-state index contributed by atoms with van der Waals surface area (Å²) >= 11 is 0. The van der Waals surface area contributed by atoms with Gasteiger partial charge in [0.2, 0.25) is 0 Å². The quantitative estimate of drug-likeness (QED) is 0.853. The van der Waals surface area contributed by atoms with E-state index in [1.807, 2.05) is 38.1 Å². The summed E-state index contributed by atoms with van der Waals surface area (Å²) in [4.78, 5) is 15.9. The van der Waals surface area contributed by atoms with Gasteiger partial charge in [-0.05, 0) is 42.5 Å². The van der Waals surface area contributed by atoms with Crippen molar-refractivity contribution in [2.24, 2.45) is 0 Å². The van der Waals surface area contributed by atoms with Crippen molar-refractivity contribution >= 4 is 22.6 Å². The van der Waals surface area contributed by atoms with Crippen LogP contribution in [0.1, 0.15) is 26.7 Å². The molecule has 5 nitrogen and oxygen atoms in total. The van der Waals surface area contributed by atoms with E-state index in [9.17, 15) is 9.90 Å². The van der Waals surface area contributed by atoms with E-state index >= 15 is 0 Å². The molecule has 1 aromatic carbocycles. The first-order valence-electron chi connectivity index (χ1n) is 7.00. The van der Waals surface area contributed by atoms with Gasteiger partial charge in [-0.15, -0.1) is 0 Å². The number of fused-ring (bicyclic) bond motifs is 1. The van der Waals surface area contributed by atoms with Crippen LogP contribution in [0.5, 0.6) is 5.75 Å². The van der Waals surface area contributed by atoms with Gasteiger partial charge < -0.3 is 15.2 Å². The van der Waals surface area contributed by atoms with Gasteiger partial charge in [0.05, 0.1) is 7.11 Å². The van der Waals surface area contributed by atoms with E-state index in [2.05, 4.69) is 10.3 Å². The molecule has 0 spiro atoms. The van der Waals surface area contributed by atoms with Crippen molar-refractivity contribution in [1.82, 2.24) is 4.98 Å². The first-order valence-corrected chi connectivity index (χ1v) is 7.00. The summed E-state index contributed by atoms with van der Waals surface area (Å²) < 4.78 is 5.21. The number of pyridine rings is 1. The second-order valence-electron chi connectivity index (χ2n) is 4.97. The van der Waals surface area contributed by atoms with E-state index in [4.69, 9.17) is 4.74 Å². The molecule has 0 saturated carbocycles. The highest BCUT2D eigenvalue weighted by atomic mass is 16.5. The molecular formula is C16H20N2O3. The van der Waals surface area contributed by atoms with E-state index in [1.54, 1.807) is 13.3 Å². The molecule has 0 radical (unpaired) electrons. The lowest BCUT2D eigenvalue weighted by atomic mass is 9.92. The molecule has 2 N–H and O–H groups in total. The van der Waals surface area contributed by atoms with Crippen molar-refractivity contribution in [1.29, 1.82) is 0 Å². The monoisotopic (exact) mass is 288 g/mol. The van der Waals surface area contributed by atoms with Gasteiger partial charge in [-0.25, -0.2) is 9.78 Å². The van der Waals surface area contributed by atoms with Gasteiger partial charge in [-0.1, -0.05) is 13.8 Å². The molecule has 0 aliphatic heterocycles. The Hall–Kier alpha value is -2.30. The van der Waals surface area contributed by atoms with Crippen molar-refractivity contribution in [3.63, 3.8) is 0 Å². The lowest BCUT2D eigenvalue weighted by Gasteiger charge is -2.29. The average Bonchev–Trinajstić information content (AvgIpc) is 2.51. The molecule has 0 aliphatic carbocycles. The van der Waals surface area contributed by atoms with Crippen LogP contribution in [-0.4, -0.2) is 28.7 Å². The van der Waals surface area contributed by atoms with E-state index in [0.717, 1.165) is 16.5 Å². The van der Waals surface area contributed by atoms with Crippen LogP contribution in [0.15, 0.2) is 30.5 Å². The minimum atomic E-state index is -0.999. The number of benzene rings is 1. The fourth-order valence-corrected chi connectivity index (χ4v) is 2.39. The molecule has 2 aromatic rings. The number of hydrogen-bond acceptors (Lipinski definition) is 4. The molecule has 0 aliphatic rings. The van der Waals surface area contributed by atoms with E-state index < -0.39 is 11.5 Å². The van der Waals surface area contributed by atoms with Crippen LogP contribution in [0.3, 0.4) is 0 Å². The molecule has 1 aromatic heterocycles. The maximum Gasteiger partial charge on any atom is 0.329 e. The van der Waals surface area contributed by atoms with Crippen molar-refractivity contribution in [2.45, 2.75) is 32.2 Å². The average molecular weight is 288 g/mol. The molecule has 1 heterocycles. The Balaban J connectivity index is 2.49. The number of ether oxygens (including phenoxy) is 1. The molecule has 0 fully saturated rings. The second-order valence-corrected chi connectivity index (χ2v) is 4.97. The maximum absolute atomic E-state index is 11.6. The fraction of sp³-hybridized carbons (Fsp3) is 0.375. The molecule has 0 atom stereocenters. The Bertz CT molecular complexity index is 651. The summed E-state index contributed by atoms with van der Waals surface area (Å²) in [5.41, 5.74) is -0.999. The van der Waals surface area contributed by atoms with E-state index in [0.29, 0.717) is 18.7 Å². The number of carbonyl (C=O) groups is 1. The van der Waals surface area contributed by atoms with E-state index in [1.165, 1.54) is 0 Å². The van der Waals surface area contributed by atoms with Gasteiger partial charge in [0.1, 0.15) is 17.1 Å². The molecular weight excluding hydrogens is 268 g/mol. The maximum atomic E-state index is 11.6. The second kappa shape index (κ2) is 5.99. The zero-order valence-electron chi connectivity index (χ0n) is 12.5. The predicted octanol–water partition coefficient (Wildman–Crippen LogP) is 3.30. The fourth-order valence-electron chi connectivity index (χ4n) is 2.39. The van der Waals surface area contributed by atoms with Crippen LogP contribution in [0.2, 0.25) is 0 Å². The highest BCUT2D eigenvalue weighted by Crippen LogP contribution is 2.29. The smallest absolute Gasteiger partial charge is 0.329 e. The minimum absolute atomic E-state index is 0.479. The third-order valence-electron chi connectivity index (χ3n) is 3.95. The molecule has 21 heavy (non-hydrogen) atoms. The first-order chi connectivity index (χ1) is 10.1. The Morgan fingerprint density at radius 2 is 2.05 bits per heavy atom. The number of hydrogen-bond donors (Lipinski definition) is 2. The topological polar surface area (TPSA) is 71.5 Å². The van der Waals surface area contributed by atoms with Gasteiger partial charge in [0, 0.05) is 11.6 Å². The number of aliphatic carboxylic acids is 1. The van der Waals surface area contributed by atoms with E-state index in [-0.39, 0.29) is 0 Å².